The third-order valence-corrected chi connectivity index (χ3v) is 7.40. The van der Waals surface area contributed by atoms with Crippen LogP contribution in [0.2, 0.25) is 0 Å². The first kappa shape index (κ1) is 35.8. The quantitative estimate of drug-likeness (QED) is 0.0527. The van der Waals surface area contributed by atoms with Gasteiger partial charge in [0.1, 0.15) is 18.0 Å². The van der Waals surface area contributed by atoms with Crippen LogP contribution in [-0.4, -0.2) is 41.7 Å². The van der Waals surface area contributed by atoms with Gasteiger partial charge in [0.2, 0.25) is 5.91 Å². The lowest BCUT2D eigenvalue weighted by Crippen LogP contribution is -2.39. The van der Waals surface area contributed by atoms with Gasteiger partial charge in [-0.1, -0.05) is 69.8 Å². The molecular weight excluding hydrogens is 544 g/mol. The highest BCUT2D eigenvalue weighted by Crippen LogP contribution is 2.38. The van der Waals surface area contributed by atoms with E-state index >= 15 is 0 Å². The predicted octanol–water partition coefficient (Wildman–Crippen LogP) is 7.45. The summed E-state index contributed by atoms with van der Waals surface area (Å²) in [6.45, 7) is 7.08. The van der Waals surface area contributed by atoms with Gasteiger partial charge >= 0.3 is 5.97 Å². The summed E-state index contributed by atoms with van der Waals surface area (Å²) in [5.74, 6) is -0.875. The van der Waals surface area contributed by atoms with Crippen LogP contribution in [0.15, 0.2) is 36.4 Å². The highest BCUT2D eigenvalue weighted by Gasteiger charge is 2.35. The Morgan fingerprint density at radius 3 is 2.28 bits per heavy atom. The number of anilines is 1. The minimum atomic E-state index is -0.708. The number of ether oxygens (including phenoxy) is 2. The molecule has 8 nitrogen and oxygen atoms in total. The van der Waals surface area contributed by atoms with Gasteiger partial charge in [0.05, 0.1) is 23.7 Å². The van der Waals surface area contributed by atoms with Crippen molar-refractivity contribution in [1.82, 2.24) is 5.32 Å². The fourth-order valence-corrected chi connectivity index (χ4v) is 5.16. The zero-order valence-electron chi connectivity index (χ0n) is 26.7. The molecule has 2 rings (SSSR count). The van der Waals surface area contributed by atoms with Crippen LogP contribution in [-0.2, 0) is 14.3 Å². The normalized spacial score (nSPS) is 14.8. The van der Waals surface area contributed by atoms with Crippen molar-refractivity contribution in [3.05, 3.63) is 47.6 Å². The summed E-state index contributed by atoms with van der Waals surface area (Å²) in [5.41, 5.74) is 6.05. The van der Waals surface area contributed by atoms with Crippen molar-refractivity contribution in [1.29, 1.82) is 0 Å². The van der Waals surface area contributed by atoms with E-state index in [0.717, 1.165) is 38.5 Å². The first-order chi connectivity index (χ1) is 20.5. The van der Waals surface area contributed by atoms with Crippen molar-refractivity contribution in [3.63, 3.8) is 0 Å². The molecule has 1 aliphatic rings. The van der Waals surface area contributed by atoms with Gasteiger partial charge in [-0.25, -0.2) is 0 Å². The fourth-order valence-electron chi connectivity index (χ4n) is 5.16. The molecule has 238 valence electrons. The number of benzene rings is 1. The Morgan fingerprint density at radius 1 is 1.00 bits per heavy atom. The van der Waals surface area contributed by atoms with Gasteiger partial charge in [0.25, 0.3) is 0 Å². The molecule has 8 heteroatoms. The molecule has 0 spiro atoms. The summed E-state index contributed by atoms with van der Waals surface area (Å²) in [4.78, 5) is 49.9. The largest absolute Gasteiger partial charge is 0.487 e. The van der Waals surface area contributed by atoms with Crippen molar-refractivity contribution in [2.75, 3.05) is 12.3 Å². The SMILES string of the molecule is CCCCC/C=C/C=C/CCCCCCCCC(=O)OCC(CC(=O)c1ccc2c(c1N)C(=O)CC(C)(C)O2)NC(C)=O. The first-order valence-corrected chi connectivity index (χ1v) is 16.0. The number of nitrogens with two attached hydrogens (primary N) is 1. The number of unbranched alkanes of at least 4 members (excludes halogenated alkanes) is 9. The van der Waals surface area contributed by atoms with Crippen LogP contribution in [0.5, 0.6) is 5.75 Å². The van der Waals surface area contributed by atoms with E-state index in [4.69, 9.17) is 15.2 Å². The molecule has 1 aromatic rings. The van der Waals surface area contributed by atoms with E-state index in [1.165, 1.54) is 45.1 Å². The van der Waals surface area contributed by atoms with Crippen molar-refractivity contribution in [2.45, 2.75) is 129 Å². The lowest BCUT2D eigenvalue weighted by Gasteiger charge is -2.32. The van der Waals surface area contributed by atoms with Crippen LogP contribution in [0.1, 0.15) is 138 Å². The molecular formula is C35H52N2O6. The smallest absolute Gasteiger partial charge is 0.305 e. The first-order valence-electron chi connectivity index (χ1n) is 16.0. The Labute approximate surface area is 257 Å². The van der Waals surface area contributed by atoms with E-state index in [1.54, 1.807) is 6.07 Å². The van der Waals surface area contributed by atoms with Crippen molar-refractivity contribution in [2.24, 2.45) is 0 Å². The molecule has 1 amide bonds. The third-order valence-electron chi connectivity index (χ3n) is 7.40. The van der Waals surface area contributed by atoms with Crippen LogP contribution < -0.4 is 15.8 Å². The van der Waals surface area contributed by atoms with Gasteiger partial charge in [0.15, 0.2) is 11.6 Å². The summed E-state index contributed by atoms with van der Waals surface area (Å²) in [5, 5.41) is 2.68. The molecule has 1 aromatic carbocycles. The Hall–Kier alpha value is -3.42. The predicted molar refractivity (Wildman–Crippen MR) is 171 cm³/mol. The maximum atomic E-state index is 13.1. The summed E-state index contributed by atoms with van der Waals surface area (Å²) in [6, 6.07) is 2.41. The molecule has 1 aliphatic heterocycles. The number of allylic oxidation sites excluding steroid dienone is 4. The van der Waals surface area contributed by atoms with E-state index in [1.807, 2.05) is 13.8 Å². The van der Waals surface area contributed by atoms with Crippen molar-refractivity contribution in [3.8, 4) is 5.75 Å². The summed E-state index contributed by atoms with van der Waals surface area (Å²) < 4.78 is 11.3. The van der Waals surface area contributed by atoms with Crippen molar-refractivity contribution < 1.29 is 28.7 Å². The van der Waals surface area contributed by atoms with Gasteiger partial charge in [-0.3, -0.25) is 19.2 Å². The van der Waals surface area contributed by atoms with Crippen LogP contribution in [0.25, 0.3) is 0 Å². The number of nitrogen functional groups attached to an aromatic ring is 1. The number of nitrogens with one attached hydrogen (secondary N) is 1. The van der Waals surface area contributed by atoms with E-state index in [2.05, 4.69) is 36.5 Å². The molecule has 0 fully saturated rings. The molecule has 0 radical (unpaired) electrons. The van der Waals surface area contributed by atoms with E-state index in [-0.39, 0.29) is 59.7 Å². The Balaban J connectivity index is 1.69. The number of amides is 1. The lowest BCUT2D eigenvalue weighted by molar-refractivity contribution is -0.145. The molecule has 43 heavy (non-hydrogen) atoms. The Morgan fingerprint density at radius 2 is 1.63 bits per heavy atom. The molecule has 1 unspecified atom stereocenters. The lowest BCUT2D eigenvalue weighted by atomic mass is 9.89. The maximum absolute atomic E-state index is 13.1. The van der Waals surface area contributed by atoms with Gasteiger partial charge in [0, 0.05) is 25.3 Å². The minimum absolute atomic E-state index is 0.0726. The summed E-state index contributed by atoms with van der Waals surface area (Å²) >= 11 is 0. The second-order valence-electron chi connectivity index (χ2n) is 12.1. The number of fused-ring (bicyclic) bond motifs is 1. The topological polar surface area (TPSA) is 125 Å². The average Bonchev–Trinajstić information content (AvgIpc) is 2.92. The van der Waals surface area contributed by atoms with Crippen LogP contribution in [0.3, 0.4) is 0 Å². The second-order valence-corrected chi connectivity index (χ2v) is 12.1. The number of hydrogen-bond acceptors (Lipinski definition) is 7. The average molecular weight is 597 g/mol. The van der Waals surface area contributed by atoms with Crippen LogP contribution >= 0.6 is 0 Å². The standard InChI is InChI=1S/C35H52N2O6/c1-5-6-7-8-9-10-11-12-13-14-15-16-17-18-19-20-32(41)42-25-27(37-26(2)38)23-29(39)28-21-22-31-33(34(28)36)30(40)24-35(3,4)43-31/h9-12,21-22,27H,5-8,13-20,23-25,36H2,1-4H3,(H,37,38)/b10-9+,12-11+. The number of esters is 1. The molecule has 0 saturated carbocycles. The zero-order chi connectivity index (χ0) is 31.7. The van der Waals surface area contributed by atoms with Crippen LogP contribution in [0, 0.1) is 0 Å². The van der Waals surface area contributed by atoms with E-state index < -0.39 is 11.6 Å². The molecule has 1 atom stereocenters. The van der Waals surface area contributed by atoms with Crippen molar-refractivity contribution >= 4 is 29.1 Å². The minimum Gasteiger partial charge on any atom is -0.487 e. The highest BCUT2D eigenvalue weighted by atomic mass is 16.5. The van der Waals surface area contributed by atoms with Gasteiger partial charge in [-0.2, -0.15) is 0 Å². The molecule has 0 aliphatic carbocycles. The fraction of sp³-hybridized carbons (Fsp3) is 0.600. The Bertz CT molecular complexity index is 1140. The molecule has 1 heterocycles. The van der Waals surface area contributed by atoms with E-state index in [9.17, 15) is 19.2 Å². The molecule has 0 saturated heterocycles. The van der Waals surface area contributed by atoms with Gasteiger partial charge in [-0.05, 0) is 58.1 Å². The zero-order valence-corrected chi connectivity index (χ0v) is 26.7. The monoisotopic (exact) mass is 596 g/mol. The highest BCUT2D eigenvalue weighted by molar-refractivity contribution is 6.11. The third kappa shape index (κ3) is 13.6. The summed E-state index contributed by atoms with van der Waals surface area (Å²) in [7, 11) is 0. The molecule has 3 N–H and O–H groups in total. The molecule has 0 bridgehead atoms. The Kier molecular flexibility index (Phi) is 15.8. The van der Waals surface area contributed by atoms with Crippen LogP contribution in [0.4, 0.5) is 5.69 Å². The number of carbonyl (C=O) groups excluding carboxylic acids is 4. The van der Waals surface area contributed by atoms with E-state index in [0.29, 0.717) is 12.2 Å². The van der Waals surface area contributed by atoms with Gasteiger partial charge in [-0.15, -0.1) is 0 Å². The summed E-state index contributed by atoms with van der Waals surface area (Å²) in [6.07, 6.45) is 21.4. The second kappa shape index (κ2) is 19.0. The van der Waals surface area contributed by atoms with Gasteiger partial charge < -0.3 is 20.5 Å². The maximum Gasteiger partial charge on any atom is 0.305 e. The number of carbonyl (C=O) groups is 4. The number of rotatable bonds is 20. The number of hydrogen-bond donors (Lipinski definition) is 2. The molecule has 0 aromatic heterocycles. The number of ketones is 2. The number of Topliss-reactive ketones (excluding diaryl/α,β-unsaturated/α-hetero) is 2.